The number of aromatic nitrogens is 3. The molecule has 2 aliphatic rings. The first kappa shape index (κ1) is 16.9. The first-order valence-electron chi connectivity index (χ1n) is 9.03. The lowest BCUT2D eigenvalue weighted by atomic mass is 10.1. The van der Waals surface area contributed by atoms with Crippen LogP contribution in [0, 0.1) is 11.6 Å². The molecule has 8 heteroatoms. The van der Waals surface area contributed by atoms with Gasteiger partial charge in [0.05, 0.1) is 6.54 Å². The second kappa shape index (κ2) is 7.01. The SMILES string of the molecule is CCN=C(NC1CCc2ncnn2C1)NC1CC1c1c(F)cccc1F. The monoisotopic (exact) mass is 360 g/mol. The van der Waals surface area contributed by atoms with Crippen LogP contribution < -0.4 is 10.6 Å². The molecule has 1 aliphatic carbocycles. The minimum absolute atomic E-state index is 0.00952. The molecule has 1 fully saturated rings. The molecule has 4 rings (SSSR count). The van der Waals surface area contributed by atoms with E-state index in [2.05, 4.69) is 25.7 Å². The van der Waals surface area contributed by atoms with E-state index in [1.807, 2.05) is 11.6 Å². The van der Waals surface area contributed by atoms with Crippen LogP contribution in [0.25, 0.3) is 0 Å². The van der Waals surface area contributed by atoms with Crippen LogP contribution in [0.5, 0.6) is 0 Å². The summed E-state index contributed by atoms with van der Waals surface area (Å²) in [6.45, 7) is 3.32. The summed E-state index contributed by atoms with van der Waals surface area (Å²) in [6, 6.07) is 4.20. The maximum absolute atomic E-state index is 14.0. The van der Waals surface area contributed by atoms with E-state index in [0.717, 1.165) is 25.2 Å². The Bertz CT molecular complexity index is 798. The van der Waals surface area contributed by atoms with Crippen LogP contribution in [0.1, 0.15) is 37.1 Å². The summed E-state index contributed by atoms with van der Waals surface area (Å²) < 4.78 is 29.8. The zero-order valence-corrected chi connectivity index (χ0v) is 14.6. The van der Waals surface area contributed by atoms with Crippen molar-refractivity contribution >= 4 is 5.96 Å². The molecule has 0 amide bonds. The Morgan fingerprint density at radius 2 is 2.12 bits per heavy atom. The number of nitrogens with zero attached hydrogens (tertiary/aromatic N) is 4. The van der Waals surface area contributed by atoms with Crippen molar-refractivity contribution in [2.45, 2.75) is 50.7 Å². The third kappa shape index (κ3) is 3.40. The van der Waals surface area contributed by atoms with Crippen LogP contribution in [0.3, 0.4) is 0 Å². The summed E-state index contributed by atoms with van der Waals surface area (Å²) >= 11 is 0. The summed E-state index contributed by atoms with van der Waals surface area (Å²) in [5, 5.41) is 11.0. The van der Waals surface area contributed by atoms with Gasteiger partial charge in [0.25, 0.3) is 0 Å². The fourth-order valence-corrected chi connectivity index (χ4v) is 3.55. The van der Waals surface area contributed by atoms with Crippen LogP contribution in [0.4, 0.5) is 8.78 Å². The predicted octanol–water partition coefficient (Wildman–Crippen LogP) is 1.98. The third-order valence-corrected chi connectivity index (χ3v) is 4.95. The Hall–Kier alpha value is -2.51. The van der Waals surface area contributed by atoms with Crippen molar-refractivity contribution < 1.29 is 8.78 Å². The lowest BCUT2D eigenvalue weighted by molar-refractivity contribution is 0.392. The van der Waals surface area contributed by atoms with Gasteiger partial charge in [-0.3, -0.25) is 4.99 Å². The van der Waals surface area contributed by atoms with Crippen LogP contribution in [-0.2, 0) is 13.0 Å². The Kier molecular flexibility index (Phi) is 4.57. The number of hydrogen-bond acceptors (Lipinski definition) is 3. The van der Waals surface area contributed by atoms with E-state index in [1.54, 1.807) is 6.33 Å². The molecule has 3 unspecified atom stereocenters. The van der Waals surface area contributed by atoms with Crippen molar-refractivity contribution in [1.29, 1.82) is 0 Å². The number of fused-ring (bicyclic) bond motifs is 1. The molecule has 26 heavy (non-hydrogen) atoms. The smallest absolute Gasteiger partial charge is 0.191 e. The first-order valence-corrected chi connectivity index (χ1v) is 9.03. The highest BCUT2D eigenvalue weighted by atomic mass is 19.1. The van der Waals surface area contributed by atoms with E-state index in [4.69, 9.17) is 0 Å². The maximum atomic E-state index is 14.0. The van der Waals surface area contributed by atoms with Crippen LogP contribution in [0.15, 0.2) is 29.5 Å². The lowest BCUT2D eigenvalue weighted by Crippen LogP contribution is -2.48. The van der Waals surface area contributed by atoms with E-state index in [1.165, 1.54) is 18.2 Å². The molecule has 0 bridgehead atoms. The van der Waals surface area contributed by atoms with Crippen molar-refractivity contribution in [3.05, 3.63) is 47.5 Å². The van der Waals surface area contributed by atoms with Crippen molar-refractivity contribution in [3.8, 4) is 0 Å². The second-order valence-corrected chi connectivity index (χ2v) is 6.79. The highest BCUT2D eigenvalue weighted by Gasteiger charge is 2.42. The van der Waals surface area contributed by atoms with Gasteiger partial charge in [0.15, 0.2) is 5.96 Å². The maximum Gasteiger partial charge on any atom is 0.191 e. The molecule has 1 aromatic heterocycles. The number of guanidine groups is 1. The molecular formula is C18H22F2N6. The molecule has 138 valence electrons. The average Bonchev–Trinajstić information content (AvgIpc) is 3.18. The highest BCUT2D eigenvalue weighted by molar-refractivity contribution is 5.81. The molecular weight excluding hydrogens is 338 g/mol. The predicted molar refractivity (Wildman–Crippen MR) is 93.9 cm³/mol. The van der Waals surface area contributed by atoms with E-state index >= 15 is 0 Å². The number of aryl methyl sites for hydroxylation is 1. The van der Waals surface area contributed by atoms with Gasteiger partial charge in [0.2, 0.25) is 0 Å². The number of benzene rings is 1. The molecule has 1 aromatic carbocycles. The summed E-state index contributed by atoms with van der Waals surface area (Å²) in [7, 11) is 0. The van der Waals surface area contributed by atoms with E-state index < -0.39 is 11.6 Å². The molecule has 3 atom stereocenters. The molecule has 0 saturated heterocycles. The fraction of sp³-hybridized carbons (Fsp3) is 0.500. The van der Waals surface area contributed by atoms with Crippen molar-refractivity contribution in [3.63, 3.8) is 0 Å². The Morgan fingerprint density at radius 1 is 1.31 bits per heavy atom. The van der Waals surface area contributed by atoms with Gasteiger partial charge in [-0.1, -0.05) is 6.07 Å². The van der Waals surface area contributed by atoms with Gasteiger partial charge in [-0.05, 0) is 31.9 Å². The third-order valence-electron chi connectivity index (χ3n) is 4.95. The molecule has 0 spiro atoms. The summed E-state index contributed by atoms with van der Waals surface area (Å²) in [4.78, 5) is 8.71. The Balaban J connectivity index is 1.39. The van der Waals surface area contributed by atoms with Gasteiger partial charge in [0.1, 0.15) is 23.8 Å². The minimum Gasteiger partial charge on any atom is -0.353 e. The molecule has 2 aromatic rings. The zero-order chi connectivity index (χ0) is 18.1. The van der Waals surface area contributed by atoms with E-state index in [-0.39, 0.29) is 23.6 Å². The van der Waals surface area contributed by atoms with Gasteiger partial charge < -0.3 is 10.6 Å². The van der Waals surface area contributed by atoms with Gasteiger partial charge in [-0.15, -0.1) is 0 Å². The van der Waals surface area contributed by atoms with Gasteiger partial charge >= 0.3 is 0 Å². The number of halogens is 2. The van der Waals surface area contributed by atoms with Crippen LogP contribution in [0.2, 0.25) is 0 Å². The topological polar surface area (TPSA) is 67.1 Å². The van der Waals surface area contributed by atoms with Crippen molar-refractivity contribution in [2.24, 2.45) is 4.99 Å². The zero-order valence-electron chi connectivity index (χ0n) is 14.6. The lowest BCUT2D eigenvalue weighted by Gasteiger charge is -2.25. The van der Waals surface area contributed by atoms with Crippen LogP contribution in [-0.4, -0.2) is 39.4 Å². The highest BCUT2D eigenvalue weighted by Crippen LogP contribution is 2.43. The molecule has 6 nitrogen and oxygen atoms in total. The van der Waals surface area contributed by atoms with E-state index in [9.17, 15) is 8.78 Å². The number of rotatable bonds is 4. The first-order chi connectivity index (χ1) is 12.7. The Labute approximate surface area is 150 Å². The average molecular weight is 360 g/mol. The number of hydrogen-bond donors (Lipinski definition) is 2. The van der Waals surface area contributed by atoms with Crippen molar-refractivity contribution in [2.75, 3.05) is 6.54 Å². The molecule has 1 aliphatic heterocycles. The normalized spacial score (nSPS) is 24.9. The molecule has 2 heterocycles. The standard InChI is InChI=1S/C18H22F2N6/c1-2-21-18(24-11-6-7-16-22-10-23-26(16)9-11)25-15-8-12(15)17-13(19)4-3-5-14(17)20/h3-5,10-12,15H,2,6-9H2,1H3,(H2,21,24,25). The summed E-state index contributed by atoms with van der Waals surface area (Å²) in [5.41, 5.74) is 0.172. The largest absolute Gasteiger partial charge is 0.353 e. The van der Waals surface area contributed by atoms with E-state index in [0.29, 0.717) is 18.9 Å². The molecule has 1 saturated carbocycles. The van der Waals surface area contributed by atoms with Crippen molar-refractivity contribution in [1.82, 2.24) is 25.4 Å². The fourth-order valence-electron chi connectivity index (χ4n) is 3.55. The minimum atomic E-state index is -0.479. The Morgan fingerprint density at radius 3 is 2.88 bits per heavy atom. The number of aliphatic imine (C=N–C) groups is 1. The quantitative estimate of drug-likeness (QED) is 0.646. The summed E-state index contributed by atoms with van der Waals surface area (Å²) in [6.07, 6.45) is 4.08. The van der Waals surface area contributed by atoms with Gasteiger partial charge in [-0.25, -0.2) is 18.4 Å². The van der Waals surface area contributed by atoms with Gasteiger partial charge in [0, 0.05) is 36.5 Å². The van der Waals surface area contributed by atoms with Gasteiger partial charge in [-0.2, -0.15) is 5.10 Å². The second-order valence-electron chi connectivity index (χ2n) is 6.79. The molecule has 0 radical (unpaired) electrons. The molecule has 2 N–H and O–H groups in total. The number of nitrogens with one attached hydrogen (secondary N) is 2. The summed E-state index contributed by atoms with van der Waals surface area (Å²) in [5.74, 6) is 0.570. The van der Waals surface area contributed by atoms with Crippen LogP contribution >= 0.6 is 0 Å².